The highest BCUT2D eigenvalue weighted by molar-refractivity contribution is 7.92. The number of sulfonamides is 1. The Bertz CT molecular complexity index is 1590. The molecule has 0 spiro atoms. The molecule has 1 N–H and O–H groups in total. The number of aryl methyl sites for hydroxylation is 2. The smallest absolute Gasteiger partial charge is 0.264 e. The van der Waals surface area contributed by atoms with E-state index in [1.165, 1.54) is 29.2 Å². The SMILES string of the molecule is CC[C@H](C(=O)NC1CCCCC1)N(Cc1ccc(Cl)c(Cl)c1)C(=O)CN(c1ccc(C)c(C)c1)S(=O)(=O)c1ccc(Cl)cc1. The molecular weight excluding hydrogens is 641 g/mol. The molecule has 1 fully saturated rings. The molecule has 236 valence electrons. The Balaban J connectivity index is 1.74. The van der Waals surface area contributed by atoms with E-state index in [0.717, 1.165) is 47.5 Å². The van der Waals surface area contributed by atoms with Gasteiger partial charge in [-0.05, 0) is 98.3 Å². The van der Waals surface area contributed by atoms with Gasteiger partial charge in [0.25, 0.3) is 10.0 Å². The van der Waals surface area contributed by atoms with Gasteiger partial charge < -0.3 is 10.2 Å². The molecule has 2 amide bonds. The second kappa shape index (κ2) is 15.0. The number of rotatable bonds is 11. The maximum Gasteiger partial charge on any atom is 0.264 e. The minimum absolute atomic E-state index is 0.00829. The van der Waals surface area contributed by atoms with Gasteiger partial charge in [-0.3, -0.25) is 13.9 Å². The van der Waals surface area contributed by atoms with Crippen LogP contribution < -0.4 is 9.62 Å². The van der Waals surface area contributed by atoms with Gasteiger partial charge >= 0.3 is 0 Å². The van der Waals surface area contributed by atoms with Crippen LogP contribution in [0.3, 0.4) is 0 Å². The van der Waals surface area contributed by atoms with Gasteiger partial charge in [-0.1, -0.05) is 73.1 Å². The van der Waals surface area contributed by atoms with Crippen molar-refractivity contribution in [3.63, 3.8) is 0 Å². The Kier molecular flexibility index (Phi) is 11.6. The standard InChI is InChI=1S/C33H38Cl3N3O4S/c1-4-31(33(41)37-26-8-6-5-7-9-26)38(20-24-11-17-29(35)30(36)19-24)32(40)21-39(27-14-10-22(2)23(3)18-27)44(42,43)28-15-12-25(34)13-16-28/h10-19,26,31H,4-9,20-21H2,1-3H3,(H,37,41)/t31-/m1/s1. The second-order valence-corrected chi connectivity index (χ2v) is 14.4. The first kappa shape index (κ1) is 34.1. The van der Waals surface area contributed by atoms with Crippen LogP contribution in [-0.2, 0) is 26.2 Å². The molecule has 0 heterocycles. The monoisotopic (exact) mass is 677 g/mol. The lowest BCUT2D eigenvalue weighted by Gasteiger charge is -2.34. The number of nitrogens with zero attached hydrogens (tertiary/aromatic N) is 2. The highest BCUT2D eigenvalue weighted by Crippen LogP contribution is 2.29. The van der Waals surface area contributed by atoms with Crippen molar-refractivity contribution in [2.45, 2.75) is 82.8 Å². The van der Waals surface area contributed by atoms with Crippen LogP contribution in [0, 0.1) is 13.8 Å². The molecule has 3 aromatic rings. The molecule has 0 saturated heterocycles. The van der Waals surface area contributed by atoms with Crippen LogP contribution in [0.15, 0.2) is 65.6 Å². The number of nitrogens with one attached hydrogen (secondary N) is 1. The molecule has 11 heteroatoms. The average Bonchev–Trinajstić information content (AvgIpc) is 2.99. The minimum atomic E-state index is -4.20. The Morgan fingerprint density at radius 1 is 0.886 bits per heavy atom. The van der Waals surface area contributed by atoms with E-state index in [9.17, 15) is 18.0 Å². The van der Waals surface area contributed by atoms with Crippen LogP contribution in [0.5, 0.6) is 0 Å². The predicted octanol–water partition coefficient (Wildman–Crippen LogP) is 7.72. The molecule has 4 rings (SSSR count). The summed E-state index contributed by atoms with van der Waals surface area (Å²) in [7, 11) is -4.20. The summed E-state index contributed by atoms with van der Waals surface area (Å²) in [6.45, 7) is 5.16. The lowest BCUT2D eigenvalue weighted by atomic mass is 9.95. The molecule has 44 heavy (non-hydrogen) atoms. The molecular formula is C33H38Cl3N3O4S. The second-order valence-electron chi connectivity index (χ2n) is 11.3. The highest BCUT2D eigenvalue weighted by Gasteiger charge is 2.34. The van der Waals surface area contributed by atoms with Gasteiger partial charge in [0, 0.05) is 17.6 Å². The molecule has 0 unspecified atom stereocenters. The van der Waals surface area contributed by atoms with E-state index in [2.05, 4.69) is 5.32 Å². The number of amides is 2. The summed E-state index contributed by atoms with van der Waals surface area (Å²) in [5, 5.41) is 4.22. The molecule has 1 saturated carbocycles. The van der Waals surface area contributed by atoms with Crippen LogP contribution in [0.25, 0.3) is 0 Å². The maximum absolute atomic E-state index is 14.3. The number of anilines is 1. The molecule has 3 aromatic carbocycles. The van der Waals surface area contributed by atoms with Gasteiger partial charge in [-0.15, -0.1) is 0 Å². The summed E-state index contributed by atoms with van der Waals surface area (Å²) in [6.07, 6.45) is 5.34. The van der Waals surface area contributed by atoms with Crippen molar-refractivity contribution in [3.8, 4) is 0 Å². The van der Waals surface area contributed by atoms with Crippen molar-refractivity contribution < 1.29 is 18.0 Å². The molecule has 7 nitrogen and oxygen atoms in total. The minimum Gasteiger partial charge on any atom is -0.352 e. The third-order valence-electron chi connectivity index (χ3n) is 8.13. The van der Waals surface area contributed by atoms with E-state index in [4.69, 9.17) is 34.8 Å². The number of hydrogen-bond donors (Lipinski definition) is 1. The summed E-state index contributed by atoms with van der Waals surface area (Å²) in [5.41, 5.74) is 2.85. The quantitative estimate of drug-likeness (QED) is 0.225. The van der Waals surface area contributed by atoms with Gasteiger partial charge in [0.05, 0.1) is 20.6 Å². The summed E-state index contributed by atoms with van der Waals surface area (Å²) >= 11 is 18.5. The van der Waals surface area contributed by atoms with Crippen molar-refractivity contribution in [1.82, 2.24) is 10.2 Å². The fourth-order valence-electron chi connectivity index (χ4n) is 5.44. The van der Waals surface area contributed by atoms with Crippen LogP contribution in [0.4, 0.5) is 5.69 Å². The number of benzene rings is 3. The Labute approximate surface area is 275 Å². The van der Waals surface area contributed by atoms with Crippen LogP contribution in [0.1, 0.15) is 62.1 Å². The van der Waals surface area contributed by atoms with E-state index >= 15 is 0 Å². The zero-order valence-corrected chi connectivity index (χ0v) is 28.2. The largest absolute Gasteiger partial charge is 0.352 e. The summed E-state index contributed by atoms with van der Waals surface area (Å²) in [6, 6.07) is 15.3. The topological polar surface area (TPSA) is 86.8 Å². The molecule has 0 radical (unpaired) electrons. The molecule has 1 atom stereocenters. The number of hydrogen-bond acceptors (Lipinski definition) is 4. The molecule has 1 aliphatic carbocycles. The van der Waals surface area contributed by atoms with Gasteiger partial charge in [-0.2, -0.15) is 0 Å². The lowest BCUT2D eigenvalue weighted by molar-refractivity contribution is -0.140. The van der Waals surface area contributed by atoms with Crippen LogP contribution >= 0.6 is 34.8 Å². The van der Waals surface area contributed by atoms with E-state index in [1.807, 2.05) is 26.8 Å². The van der Waals surface area contributed by atoms with Crippen molar-refractivity contribution >= 4 is 62.3 Å². The first-order chi connectivity index (χ1) is 20.9. The van der Waals surface area contributed by atoms with E-state index in [-0.39, 0.29) is 23.4 Å². The van der Waals surface area contributed by atoms with Crippen LogP contribution in [0.2, 0.25) is 15.1 Å². The number of carbonyl (C=O) groups excluding carboxylic acids is 2. The third kappa shape index (κ3) is 8.27. The van der Waals surface area contributed by atoms with Crippen molar-refractivity contribution in [2.75, 3.05) is 10.8 Å². The lowest BCUT2D eigenvalue weighted by Crippen LogP contribution is -2.54. The highest BCUT2D eigenvalue weighted by atomic mass is 35.5. The van der Waals surface area contributed by atoms with Crippen molar-refractivity contribution in [1.29, 1.82) is 0 Å². The first-order valence-corrected chi connectivity index (χ1v) is 17.4. The Hall–Kier alpha value is -2.78. The van der Waals surface area contributed by atoms with Gasteiger partial charge in [0.15, 0.2) is 0 Å². The fourth-order valence-corrected chi connectivity index (χ4v) is 7.29. The normalized spacial score (nSPS) is 14.6. The van der Waals surface area contributed by atoms with Crippen molar-refractivity contribution in [2.24, 2.45) is 0 Å². The van der Waals surface area contributed by atoms with E-state index in [1.54, 1.807) is 30.3 Å². The van der Waals surface area contributed by atoms with E-state index in [0.29, 0.717) is 32.7 Å². The van der Waals surface area contributed by atoms with Gasteiger partial charge in [-0.25, -0.2) is 8.42 Å². The Morgan fingerprint density at radius 3 is 2.18 bits per heavy atom. The Morgan fingerprint density at radius 2 is 1.57 bits per heavy atom. The molecule has 1 aliphatic rings. The zero-order chi connectivity index (χ0) is 32.0. The average molecular weight is 679 g/mol. The van der Waals surface area contributed by atoms with Gasteiger partial charge in [0.1, 0.15) is 12.6 Å². The third-order valence-corrected chi connectivity index (χ3v) is 10.9. The predicted molar refractivity (Wildman–Crippen MR) is 178 cm³/mol. The number of halogens is 3. The summed E-state index contributed by atoms with van der Waals surface area (Å²) in [4.78, 5) is 29.5. The number of carbonyl (C=O) groups is 2. The summed E-state index contributed by atoms with van der Waals surface area (Å²) < 4.78 is 29.2. The maximum atomic E-state index is 14.3. The summed E-state index contributed by atoms with van der Waals surface area (Å²) in [5.74, 6) is -0.788. The molecule has 0 bridgehead atoms. The fraction of sp³-hybridized carbons (Fsp3) is 0.394. The molecule has 0 aliphatic heterocycles. The van der Waals surface area contributed by atoms with Crippen molar-refractivity contribution in [3.05, 3.63) is 92.4 Å². The molecule has 0 aromatic heterocycles. The van der Waals surface area contributed by atoms with Crippen LogP contribution in [-0.4, -0.2) is 43.8 Å². The first-order valence-electron chi connectivity index (χ1n) is 14.8. The van der Waals surface area contributed by atoms with E-state index < -0.39 is 28.5 Å². The zero-order valence-electron chi connectivity index (χ0n) is 25.2. The van der Waals surface area contributed by atoms with Gasteiger partial charge in [0.2, 0.25) is 11.8 Å².